The second-order valence-electron chi connectivity index (χ2n) is 5.64. The summed E-state index contributed by atoms with van der Waals surface area (Å²) in [6.45, 7) is 4.42. The Bertz CT molecular complexity index is 540. The molecule has 2 heterocycles. The van der Waals surface area contributed by atoms with Crippen LogP contribution in [0.25, 0.3) is 0 Å². The Balaban J connectivity index is 1.46. The van der Waals surface area contributed by atoms with Gasteiger partial charge in [-0.1, -0.05) is 12.1 Å². The van der Waals surface area contributed by atoms with Gasteiger partial charge in [0.15, 0.2) is 0 Å². The quantitative estimate of drug-likeness (QED) is 0.850. The van der Waals surface area contributed by atoms with E-state index < -0.39 is 0 Å². The molecule has 0 radical (unpaired) electrons. The zero-order valence-electron chi connectivity index (χ0n) is 12.0. The highest BCUT2D eigenvalue weighted by atomic mass is 32.2. The molecule has 3 rings (SSSR count). The summed E-state index contributed by atoms with van der Waals surface area (Å²) in [5, 5.41) is 8.78. The average molecular weight is 301 g/mol. The fraction of sp³-hybridized carbons (Fsp3) is 0.500. The smallest absolute Gasteiger partial charge is 0.228 e. The lowest BCUT2D eigenvalue weighted by molar-refractivity contribution is -0.141. The van der Waals surface area contributed by atoms with Gasteiger partial charge in [0.25, 0.3) is 0 Å². The minimum atomic E-state index is 0.187. The number of hydrogen-bond acceptors (Lipinski definition) is 4. The minimum Gasteiger partial charge on any atom is -0.341 e. The number of likely N-dealkylation sites (tertiary alicyclic amines) is 1. The van der Waals surface area contributed by atoms with Gasteiger partial charge in [-0.15, -0.1) is 0 Å². The summed E-state index contributed by atoms with van der Waals surface area (Å²) in [5.41, 5.74) is 1.90. The summed E-state index contributed by atoms with van der Waals surface area (Å²) in [7, 11) is 0. The highest BCUT2D eigenvalue weighted by Gasteiger charge is 2.35. The molecule has 0 atom stereocenters. The van der Waals surface area contributed by atoms with Crippen LogP contribution in [-0.4, -0.2) is 53.4 Å². The molecule has 2 saturated heterocycles. The van der Waals surface area contributed by atoms with Gasteiger partial charge >= 0.3 is 0 Å². The van der Waals surface area contributed by atoms with Gasteiger partial charge in [0.05, 0.1) is 17.6 Å². The Morgan fingerprint density at radius 3 is 2.52 bits per heavy atom. The Kier molecular flexibility index (Phi) is 4.47. The van der Waals surface area contributed by atoms with Crippen LogP contribution in [0.4, 0.5) is 0 Å². The number of hydrogen-bond donors (Lipinski definition) is 0. The largest absolute Gasteiger partial charge is 0.341 e. The predicted octanol–water partition coefficient (Wildman–Crippen LogP) is 1.57. The molecule has 0 aliphatic carbocycles. The number of rotatable bonds is 3. The number of amides is 1. The molecule has 1 amide bonds. The molecule has 2 fully saturated rings. The number of benzene rings is 1. The van der Waals surface area contributed by atoms with Crippen LogP contribution in [0.15, 0.2) is 24.3 Å². The van der Waals surface area contributed by atoms with Gasteiger partial charge in [-0.3, -0.25) is 9.69 Å². The van der Waals surface area contributed by atoms with Crippen molar-refractivity contribution in [3.05, 3.63) is 35.4 Å². The maximum atomic E-state index is 12.3. The van der Waals surface area contributed by atoms with Crippen LogP contribution in [0.2, 0.25) is 0 Å². The molecule has 2 aliphatic rings. The van der Waals surface area contributed by atoms with Crippen molar-refractivity contribution in [2.24, 2.45) is 5.92 Å². The van der Waals surface area contributed by atoms with Crippen molar-refractivity contribution in [3.63, 3.8) is 0 Å². The molecule has 0 unspecified atom stereocenters. The van der Waals surface area contributed by atoms with Gasteiger partial charge < -0.3 is 4.90 Å². The summed E-state index contributed by atoms with van der Waals surface area (Å²) >= 11 is 1.93. The van der Waals surface area contributed by atoms with Crippen molar-refractivity contribution in [1.82, 2.24) is 9.80 Å². The van der Waals surface area contributed by atoms with Crippen LogP contribution < -0.4 is 0 Å². The van der Waals surface area contributed by atoms with Gasteiger partial charge in [-0.05, 0) is 17.7 Å². The molecule has 0 saturated carbocycles. The fourth-order valence-corrected chi connectivity index (χ4v) is 3.74. The third kappa shape index (κ3) is 3.39. The lowest BCUT2D eigenvalue weighted by Crippen LogP contribution is -2.55. The highest BCUT2D eigenvalue weighted by molar-refractivity contribution is 7.99. The number of nitrogens with zero attached hydrogens (tertiary/aromatic N) is 3. The zero-order valence-corrected chi connectivity index (χ0v) is 12.8. The maximum Gasteiger partial charge on any atom is 0.228 e. The predicted molar refractivity (Wildman–Crippen MR) is 83.8 cm³/mol. The Labute approximate surface area is 129 Å². The molecular weight excluding hydrogens is 282 g/mol. The van der Waals surface area contributed by atoms with Gasteiger partial charge in [0, 0.05) is 44.2 Å². The van der Waals surface area contributed by atoms with E-state index in [-0.39, 0.29) is 5.92 Å². The highest BCUT2D eigenvalue weighted by Crippen LogP contribution is 2.22. The first-order valence-electron chi connectivity index (χ1n) is 7.34. The van der Waals surface area contributed by atoms with Crippen molar-refractivity contribution < 1.29 is 4.79 Å². The Morgan fingerprint density at radius 2 is 1.90 bits per heavy atom. The average Bonchev–Trinajstić information content (AvgIpc) is 2.51. The molecule has 110 valence electrons. The van der Waals surface area contributed by atoms with Crippen molar-refractivity contribution in [2.75, 3.05) is 37.7 Å². The van der Waals surface area contributed by atoms with E-state index in [1.165, 1.54) is 5.56 Å². The van der Waals surface area contributed by atoms with E-state index in [2.05, 4.69) is 11.0 Å². The molecule has 1 aromatic carbocycles. The van der Waals surface area contributed by atoms with E-state index >= 15 is 0 Å². The van der Waals surface area contributed by atoms with Crippen LogP contribution in [-0.2, 0) is 11.3 Å². The van der Waals surface area contributed by atoms with Crippen molar-refractivity contribution in [3.8, 4) is 6.07 Å². The van der Waals surface area contributed by atoms with Gasteiger partial charge in [0.1, 0.15) is 0 Å². The van der Waals surface area contributed by atoms with Crippen molar-refractivity contribution in [2.45, 2.75) is 6.54 Å². The van der Waals surface area contributed by atoms with Crippen LogP contribution in [0.5, 0.6) is 0 Å². The third-order valence-electron chi connectivity index (χ3n) is 4.12. The van der Waals surface area contributed by atoms with Gasteiger partial charge in [-0.25, -0.2) is 0 Å². The van der Waals surface area contributed by atoms with E-state index in [4.69, 9.17) is 5.26 Å². The maximum absolute atomic E-state index is 12.3. The molecule has 0 aromatic heterocycles. The van der Waals surface area contributed by atoms with Gasteiger partial charge in [-0.2, -0.15) is 17.0 Å². The number of nitriles is 1. The number of carbonyl (C=O) groups excluding carboxylic acids is 1. The first kappa shape index (κ1) is 14.4. The van der Waals surface area contributed by atoms with Gasteiger partial charge in [0.2, 0.25) is 5.91 Å². The summed E-state index contributed by atoms with van der Waals surface area (Å²) in [5.74, 6) is 2.68. The normalized spacial score (nSPS) is 19.9. The first-order chi connectivity index (χ1) is 10.3. The SMILES string of the molecule is N#Cc1ccc(CN2CC(C(=O)N3CCSCC3)C2)cc1. The zero-order chi connectivity index (χ0) is 14.7. The van der Waals surface area contributed by atoms with E-state index in [1.807, 2.05) is 40.9 Å². The van der Waals surface area contributed by atoms with Crippen LogP contribution >= 0.6 is 11.8 Å². The Morgan fingerprint density at radius 1 is 1.24 bits per heavy atom. The summed E-state index contributed by atoms with van der Waals surface area (Å²) in [4.78, 5) is 16.6. The molecule has 21 heavy (non-hydrogen) atoms. The monoisotopic (exact) mass is 301 g/mol. The molecule has 2 aliphatic heterocycles. The number of carbonyl (C=O) groups is 1. The summed E-state index contributed by atoms with van der Waals surface area (Å²) in [6, 6.07) is 9.82. The first-order valence-corrected chi connectivity index (χ1v) is 8.49. The lowest BCUT2D eigenvalue weighted by Gasteiger charge is -2.41. The standard InChI is InChI=1S/C16H19N3OS/c17-9-13-1-3-14(4-2-13)10-18-11-15(12-18)16(20)19-5-7-21-8-6-19/h1-4,15H,5-8,10-12H2. The fourth-order valence-electron chi connectivity index (χ4n) is 2.84. The molecule has 0 N–H and O–H groups in total. The molecule has 4 nitrogen and oxygen atoms in total. The second kappa shape index (κ2) is 6.50. The molecular formula is C16H19N3OS. The third-order valence-corrected chi connectivity index (χ3v) is 5.06. The molecule has 0 spiro atoms. The van der Waals surface area contributed by atoms with Crippen molar-refractivity contribution >= 4 is 17.7 Å². The second-order valence-corrected chi connectivity index (χ2v) is 6.86. The van der Waals surface area contributed by atoms with E-state index in [9.17, 15) is 4.79 Å². The van der Waals surface area contributed by atoms with Crippen molar-refractivity contribution in [1.29, 1.82) is 5.26 Å². The number of thioether (sulfide) groups is 1. The lowest BCUT2D eigenvalue weighted by atomic mass is 9.97. The van der Waals surface area contributed by atoms with E-state index in [1.54, 1.807) is 0 Å². The Hall–Kier alpha value is -1.51. The molecule has 5 heteroatoms. The summed E-state index contributed by atoms with van der Waals surface area (Å²) in [6.07, 6.45) is 0. The topological polar surface area (TPSA) is 47.3 Å². The minimum absolute atomic E-state index is 0.187. The van der Waals surface area contributed by atoms with Crippen LogP contribution in [0, 0.1) is 17.2 Å². The molecule has 0 bridgehead atoms. The van der Waals surface area contributed by atoms with Crippen LogP contribution in [0.3, 0.4) is 0 Å². The van der Waals surface area contributed by atoms with E-state index in [0.29, 0.717) is 11.5 Å². The molecule has 1 aromatic rings. The summed E-state index contributed by atoms with van der Waals surface area (Å²) < 4.78 is 0. The van der Waals surface area contributed by atoms with Crippen LogP contribution in [0.1, 0.15) is 11.1 Å². The van der Waals surface area contributed by atoms with E-state index in [0.717, 1.165) is 44.2 Å².